The topological polar surface area (TPSA) is 63.4 Å². The Morgan fingerprint density at radius 1 is 1.33 bits per heavy atom. The second-order valence-corrected chi connectivity index (χ2v) is 8.86. The Morgan fingerprint density at radius 3 is 2.48 bits per heavy atom. The molecule has 1 saturated heterocycles. The van der Waals surface area contributed by atoms with E-state index in [-0.39, 0.29) is 5.41 Å². The molecule has 1 aromatic carbocycles. The summed E-state index contributed by atoms with van der Waals surface area (Å²) in [5.41, 5.74) is 6.47. The molecular formula is C15H22N2O2S2. The molecule has 0 atom stereocenters. The van der Waals surface area contributed by atoms with Crippen LogP contribution < -0.4 is 5.73 Å². The molecule has 0 bridgehead atoms. The van der Waals surface area contributed by atoms with Gasteiger partial charge in [-0.25, -0.2) is 8.42 Å². The first-order valence-electron chi connectivity index (χ1n) is 7.08. The maximum absolute atomic E-state index is 12.7. The summed E-state index contributed by atoms with van der Waals surface area (Å²) in [6.45, 7) is 5.39. The van der Waals surface area contributed by atoms with Crippen LogP contribution in [0.25, 0.3) is 0 Å². The number of hydrogen-bond donors (Lipinski definition) is 1. The summed E-state index contributed by atoms with van der Waals surface area (Å²) < 4.78 is 27.0. The molecule has 0 aromatic heterocycles. The van der Waals surface area contributed by atoms with Gasteiger partial charge in [0.05, 0.1) is 9.88 Å². The van der Waals surface area contributed by atoms with Crippen molar-refractivity contribution in [2.75, 3.05) is 13.1 Å². The second kappa shape index (κ2) is 6.02. The smallest absolute Gasteiger partial charge is 0.243 e. The fraction of sp³-hybridized carbons (Fsp3) is 0.533. The molecule has 21 heavy (non-hydrogen) atoms. The van der Waals surface area contributed by atoms with Crippen LogP contribution in [0.5, 0.6) is 0 Å². The average Bonchev–Trinajstić information content (AvgIpc) is 2.37. The van der Waals surface area contributed by atoms with Crippen molar-refractivity contribution >= 4 is 27.2 Å². The molecule has 0 amide bonds. The molecule has 2 N–H and O–H groups in total. The predicted octanol–water partition coefficient (Wildman–Crippen LogP) is 2.33. The van der Waals surface area contributed by atoms with Crippen LogP contribution in [-0.4, -0.2) is 30.8 Å². The first-order valence-corrected chi connectivity index (χ1v) is 8.93. The van der Waals surface area contributed by atoms with E-state index in [2.05, 4.69) is 13.8 Å². The van der Waals surface area contributed by atoms with Gasteiger partial charge in [-0.3, -0.25) is 0 Å². The van der Waals surface area contributed by atoms with Gasteiger partial charge in [-0.15, -0.1) is 0 Å². The summed E-state index contributed by atoms with van der Waals surface area (Å²) in [5, 5.41) is 0. The predicted molar refractivity (Wildman–Crippen MR) is 88.7 cm³/mol. The molecule has 4 nitrogen and oxygen atoms in total. The Morgan fingerprint density at radius 2 is 1.95 bits per heavy atom. The molecule has 1 fully saturated rings. The van der Waals surface area contributed by atoms with Crippen LogP contribution in [0.2, 0.25) is 0 Å². The maximum atomic E-state index is 12.7. The Kier molecular flexibility index (Phi) is 4.70. The number of nitrogens with zero attached hydrogens (tertiary/aromatic N) is 1. The zero-order valence-corrected chi connectivity index (χ0v) is 14.1. The summed E-state index contributed by atoms with van der Waals surface area (Å²) in [4.78, 5) is 0.746. The summed E-state index contributed by atoms with van der Waals surface area (Å²) in [6, 6.07) is 6.84. The van der Waals surface area contributed by atoms with E-state index in [1.165, 1.54) is 0 Å². The first-order chi connectivity index (χ1) is 9.71. The highest BCUT2D eigenvalue weighted by atomic mass is 32.2. The van der Waals surface area contributed by atoms with Gasteiger partial charge in [-0.1, -0.05) is 38.2 Å². The van der Waals surface area contributed by atoms with Crippen LogP contribution in [0, 0.1) is 5.41 Å². The van der Waals surface area contributed by atoms with Crippen molar-refractivity contribution in [1.29, 1.82) is 0 Å². The van der Waals surface area contributed by atoms with Crippen LogP contribution in [-0.2, 0) is 16.4 Å². The van der Waals surface area contributed by atoms with Gasteiger partial charge in [0.1, 0.15) is 0 Å². The highest BCUT2D eigenvalue weighted by Gasteiger charge is 2.33. The molecule has 0 radical (unpaired) electrons. The van der Waals surface area contributed by atoms with Crippen molar-refractivity contribution in [3.8, 4) is 0 Å². The molecule has 0 aliphatic carbocycles. The Balaban J connectivity index is 2.21. The summed E-state index contributed by atoms with van der Waals surface area (Å²) in [7, 11) is -3.41. The SMILES string of the molecule is CC1(C)CCCN(S(=O)(=O)c2ccc(CC(N)=S)cc2)C1. The molecule has 1 aliphatic heterocycles. The van der Waals surface area contributed by atoms with Crippen molar-refractivity contribution in [3.63, 3.8) is 0 Å². The number of rotatable bonds is 4. The number of thiocarbonyl (C=S) groups is 1. The van der Waals surface area contributed by atoms with E-state index in [1.807, 2.05) is 0 Å². The highest BCUT2D eigenvalue weighted by molar-refractivity contribution is 7.89. The van der Waals surface area contributed by atoms with Gasteiger partial charge in [0.15, 0.2) is 0 Å². The lowest BCUT2D eigenvalue weighted by molar-refractivity contribution is 0.187. The summed E-state index contributed by atoms with van der Waals surface area (Å²) in [6.07, 6.45) is 2.46. The van der Waals surface area contributed by atoms with Crippen LogP contribution in [0.1, 0.15) is 32.3 Å². The highest BCUT2D eigenvalue weighted by Crippen LogP contribution is 2.31. The van der Waals surface area contributed by atoms with E-state index in [0.717, 1.165) is 18.4 Å². The monoisotopic (exact) mass is 326 g/mol. The number of benzene rings is 1. The normalized spacial score (nSPS) is 19.3. The van der Waals surface area contributed by atoms with E-state index in [4.69, 9.17) is 18.0 Å². The van der Waals surface area contributed by atoms with Gasteiger partial charge in [-0.2, -0.15) is 4.31 Å². The molecule has 0 spiro atoms. The second-order valence-electron chi connectivity index (χ2n) is 6.39. The third-order valence-corrected chi connectivity index (χ3v) is 5.81. The summed E-state index contributed by atoms with van der Waals surface area (Å²) >= 11 is 4.86. The number of hydrogen-bond acceptors (Lipinski definition) is 3. The molecule has 1 aliphatic rings. The Labute approximate surface area is 132 Å². The van der Waals surface area contributed by atoms with Gasteiger partial charge in [0.25, 0.3) is 0 Å². The molecule has 1 aromatic rings. The van der Waals surface area contributed by atoms with Gasteiger partial charge in [-0.05, 0) is 36.0 Å². The minimum Gasteiger partial charge on any atom is -0.393 e. The lowest BCUT2D eigenvalue weighted by Crippen LogP contribution is -2.43. The average molecular weight is 326 g/mol. The minimum atomic E-state index is -3.41. The zero-order valence-electron chi connectivity index (χ0n) is 12.5. The Hall–Kier alpha value is -0.980. The third-order valence-electron chi connectivity index (χ3n) is 3.80. The van der Waals surface area contributed by atoms with Gasteiger partial charge in [0, 0.05) is 19.5 Å². The maximum Gasteiger partial charge on any atom is 0.243 e. The molecule has 0 unspecified atom stereocenters. The molecule has 1 heterocycles. The van der Waals surface area contributed by atoms with E-state index >= 15 is 0 Å². The van der Waals surface area contributed by atoms with Crippen molar-refractivity contribution in [2.24, 2.45) is 11.1 Å². The Bertz CT molecular complexity index is 622. The largest absolute Gasteiger partial charge is 0.393 e. The van der Waals surface area contributed by atoms with Crippen LogP contribution >= 0.6 is 12.2 Å². The standard InChI is InChI=1S/C15H22N2O2S2/c1-15(2)8-3-9-17(11-15)21(18,19)13-6-4-12(5-7-13)10-14(16)20/h4-7H,3,8-11H2,1-2H3,(H2,16,20). The number of nitrogens with two attached hydrogens (primary N) is 1. The fourth-order valence-electron chi connectivity index (χ4n) is 2.70. The molecule has 2 rings (SSSR count). The van der Waals surface area contributed by atoms with Crippen molar-refractivity contribution in [1.82, 2.24) is 4.31 Å². The fourth-order valence-corrected chi connectivity index (χ4v) is 4.54. The summed E-state index contributed by atoms with van der Waals surface area (Å²) in [5.74, 6) is 0. The van der Waals surface area contributed by atoms with Gasteiger partial charge >= 0.3 is 0 Å². The van der Waals surface area contributed by atoms with Gasteiger partial charge < -0.3 is 5.73 Å². The van der Waals surface area contributed by atoms with Crippen LogP contribution in [0.15, 0.2) is 29.2 Å². The lowest BCUT2D eigenvalue weighted by Gasteiger charge is -2.37. The molecule has 6 heteroatoms. The van der Waals surface area contributed by atoms with E-state index in [9.17, 15) is 8.42 Å². The zero-order chi connectivity index (χ0) is 15.7. The van der Waals surface area contributed by atoms with Crippen molar-refractivity contribution < 1.29 is 8.42 Å². The first kappa shape index (κ1) is 16.4. The minimum absolute atomic E-state index is 0.0387. The van der Waals surface area contributed by atoms with Gasteiger partial charge in [0.2, 0.25) is 10.0 Å². The number of piperidine rings is 1. The van der Waals surface area contributed by atoms with Crippen molar-refractivity contribution in [2.45, 2.75) is 38.0 Å². The molecule has 116 valence electrons. The van der Waals surface area contributed by atoms with Crippen LogP contribution in [0.3, 0.4) is 0 Å². The lowest BCUT2D eigenvalue weighted by atomic mass is 9.85. The molecular weight excluding hydrogens is 304 g/mol. The van der Waals surface area contributed by atoms with E-state index in [1.54, 1.807) is 28.6 Å². The van der Waals surface area contributed by atoms with E-state index in [0.29, 0.717) is 29.4 Å². The quantitative estimate of drug-likeness (QED) is 0.863. The third kappa shape index (κ3) is 4.02. The van der Waals surface area contributed by atoms with Crippen molar-refractivity contribution in [3.05, 3.63) is 29.8 Å². The number of sulfonamides is 1. The molecule has 0 saturated carbocycles. The van der Waals surface area contributed by atoms with E-state index < -0.39 is 10.0 Å². The van der Waals surface area contributed by atoms with Crippen LogP contribution in [0.4, 0.5) is 0 Å².